The zero-order chi connectivity index (χ0) is 6.91. The lowest BCUT2D eigenvalue weighted by molar-refractivity contribution is -0.123. The number of nitrogens with one attached hydrogen (secondary N) is 1. The van der Waals surface area contributed by atoms with Gasteiger partial charge in [0.25, 0.3) is 5.92 Å². The molecule has 62 valence electrons. The highest BCUT2D eigenvalue weighted by Crippen LogP contribution is 2.24. The van der Waals surface area contributed by atoms with E-state index in [9.17, 15) is 8.78 Å². The normalized spacial score (nSPS) is 30.9. The Morgan fingerprint density at radius 3 is 2.40 bits per heavy atom. The summed E-state index contributed by atoms with van der Waals surface area (Å²) in [5, 5.41) is 11.3. The molecular formula is C5H10ClF2NO. The van der Waals surface area contributed by atoms with Crippen molar-refractivity contribution < 1.29 is 13.9 Å². The molecule has 1 atom stereocenters. The van der Waals surface area contributed by atoms with Crippen molar-refractivity contribution in [2.45, 2.75) is 18.4 Å². The van der Waals surface area contributed by atoms with E-state index in [0.717, 1.165) is 0 Å². The molecule has 1 aliphatic rings. The molecule has 2 nitrogen and oxygen atoms in total. The lowest BCUT2D eigenvalue weighted by atomic mass is 10.1. The van der Waals surface area contributed by atoms with Gasteiger partial charge in [0.15, 0.2) is 0 Å². The number of aliphatic hydroxyl groups is 1. The van der Waals surface area contributed by atoms with Gasteiger partial charge >= 0.3 is 0 Å². The second-order valence-corrected chi connectivity index (χ2v) is 2.23. The molecule has 1 rings (SSSR count). The molecule has 1 heterocycles. The van der Waals surface area contributed by atoms with Gasteiger partial charge in [-0.2, -0.15) is 0 Å². The van der Waals surface area contributed by atoms with Gasteiger partial charge < -0.3 is 10.4 Å². The van der Waals surface area contributed by atoms with Crippen LogP contribution in [0.2, 0.25) is 0 Å². The molecular weight excluding hydrogens is 164 g/mol. The van der Waals surface area contributed by atoms with Gasteiger partial charge in [-0.1, -0.05) is 0 Å². The molecule has 0 unspecified atom stereocenters. The molecule has 0 amide bonds. The standard InChI is InChI=1S/C5H9F2NO.ClH/c6-5(7)1-2-8-3-4(5)9;/h4,8-9H,1-3H2;1H/t4-;/m0./s1. The molecule has 5 heteroatoms. The van der Waals surface area contributed by atoms with Crippen LogP contribution in [0.4, 0.5) is 8.78 Å². The van der Waals surface area contributed by atoms with Crippen LogP contribution in [0.15, 0.2) is 0 Å². The van der Waals surface area contributed by atoms with Gasteiger partial charge in [-0.25, -0.2) is 8.78 Å². The Labute approximate surface area is 64.0 Å². The Bertz CT molecular complexity index is 112. The van der Waals surface area contributed by atoms with Crippen molar-refractivity contribution in [3.63, 3.8) is 0 Å². The summed E-state index contributed by atoms with van der Waals surface area (Å²) in [6.45, 7) is 0.303. The first-order chi connectivity index (χ1) is 4.13. The van der Waals surface area contributed by atoms with Crippen LogP contribution in [0.3, 0.4) is 0 Å². The maximum Gasteiger partial charge on any atom is 0.275 e. The summed E-state index contributed by atoms with van der Waals surface area (Å²) < 4.78 is 24.6. The average Bonchev–Trinajstić information content (AvgIpc) is 1.77. The Hall–Kier alpha value is 0.0700. The summed E-state index contributed by atoms with van der Waals surface area (Å²) in [5.74, 6) is -2.87. The summed E-state index contributed by atoms with van der Waals surface area (Å²) in [6.07, 6.45) is -1.75. The number of alkyl halides is 2. The van der Waals surface area contributed by atoms with Crippen LogP contribution in [0.5, 0.6) is 0 Å². The molecule has 0 aromatic heterocycles. The molecule has 0 bridgehead atoms. The van der Waals surface area contributed by atoms with Gasteiger partial charge in [-0.05, 0) is 0 Å². The third kappa shape index (κ3) is 2.04. The molecule has 0 saturated carbocycles. The second-order valence-electron chi connectivity index (χ2n) is 2.23. The molecule has 10 heavy (non-hydrogen) atoms. The highest BCUT2D eigenvalue weighted by atomic mass is 35.5. The van der Waals surface area contributed by atoms with Gasteiger partial charge in [0.1, 0.15) is 6.10 Å². The number of hydrogen-bond acceptors (Lipinski definition) is 2. The molecule has 0 aliphatic carbocycles. The maximum absolute atomic E-state index is 12.3. The van der Waals surface area contributed by atoms with Crippen LogP contribution in [0.25, 0.3) is 0 Å². The van der Waals surface area contributed by atoms with E-state index in [-0.39, 0.29) is 25.4 Å². The fraction of sp³-hybridized carbons (Fsp3) is 1.00. The Kier molecular flexibility index (Phi) is 3.48. The fourth-order valence-electron chi connectivity index (χ4n) is 0.810. The van der Waals surface area contributed by atoms with Gasteiger partial charge in [-0.15, -0.1) is 12.4 Å². The topological polar surface area (TPSA) is 32.3 Å². The molecule has 1 aliphatic heterocycles. The lowest BCUT2D eigenvalue weighted by Crippen LogP contribution is -2.48. The minimum absolute atomic E-state index is 0. The summed E-state index contributed by atoms with van der Waals surface area (Å²) in [7, 11) is 0. The quantitative estimate of drug-likeness (QED) is 0.556. The first-order valence-corrected chi connectivity index (χ1v) is 2.89. The Balaban J connectivity index is 0.000000810. The number of halogens is 3. The third-order valence-corrected chi connectivity index (χ3v) is 1.46. The molecule has 0 radical (unpaired) electrons. The SMILES string of the molecule is Cl.O[C@H]1CNCCC1(F)F. The first-order valence-electron chi connectivity index (χ1n) is 2.89. The van der Waals surface area contributed by atoms with Crippen molar-refractivity contribution in [2.75, 3.05) is 13.1 Å². The highest BCUT2D eigenvalue weighted by molar-refractivity contribution is 5.85. The van der Waals surface area contributed by atoms with E-state index in [2.05, 4.69) is 5.32 Å². The van der Waals surface area contributed by atoms with Crippen LogP contribution < -0.4 is 5.32 Å². The van der Waals surface area contributed by atoms with Crippen LogP contribution in [0.1, 0.15) is 6.42 Å². The largest absolute Gasteiger partial charge is 0.386 e. The van der Waals surface area contributed by atoms with E-state index in [0.29, 0.717) is 6.54 Å². The minimum Gasteiger partial charge on any atom is -0.386 e. The summed E-state index contributed by atoms with van der Waals surface area (Å²) in [4.78, 5) is 0. The average molecular weight is 174 g/mol. The highest BCUT2D eigenvalue weighted by Gasteiger charge is 2.39. The van der Waals surface area contributed by atoms with Crippen molar-refractivity contribution in [2.24, 2.45) is 0 Å². The summed E-state index contributed by atoms with van der Waals surface area (Å²) in [6, 6.07) is 0. The predicted molar refractivity (Wildman–Crippen MR) is 35.7 cm³/mol. The molecule has 1 fully saturated rings. The molecule has 0 spiro atoms. The Morgan fingerprint density at radius 2 is 2.10 bits per heavy atom. The van der Waals surface area contributed by atoms with Crippen LogP contribution >= 0.6 is 12.4 Å². The van der Waals surface area contributed by atoms with Crippen molar-refractivity contribution in [1.29, 1.82) is 0 Å². The lowest BCUT2D eigenvalue weighted by Gasteiger charge is -2.27. The van der Waals surface area contributed by atoms with E-state index in [1.165, 1.54) is 0 Å². The van der Waals surface area contributed by atoms with Crippen molar-refractivity contribution in [3.05, 3.63) is 0 Å². The van der Waals surface area contributed by atoms with Gasteiger partial charge in [0.05, 0.1) is 0 Å². The van der Waals surface area contributed by atoms with Crippen LogP contribution in [-0.4, -0.2) is 30.2 Å². The number of hydrogen-bond donors (Lipinski definition) is 2. The predicted octanol–water partition coefficient (Wildman–Crippen LogP) is 0.398. The van der Waals surface area contributed by atoms with Crippen molar-refractivity contribution in [1.82, 2.24) is 5.32 Å². The second kappa shape index (κ2) is 3.46. The molecule has 0 aromatic rings. The van der Waals surface area contributed by atoms with Crippen molar-refractivity contribution in [3.8, 4) is 0 Å². The van der Waals surface area contributed by atoms with E-state index in [1.54, 1.807) is 0 Å². The zero-order valence-electron chi connectivity index (χ0n) is 5.31. The minimum atomic E-state index is -2.87. The zero-order valence-corrected chi connectivity index (χ0v) is 6.13. The van der Waals surface area contributed by atoms with Gasteiger partial charge in [-0.3, -0.25) is 0 Å². The van der Waals surface area contributed by atoms with E-state index >= 15 is 0 Å². The number of piperidine rings is 1. The fourth-order valence-corrected chi connectivity index (χ4v) is 0.810. The first kappa shape index (κ1) is 10.1. The monoisotopic (exact) mass is 173 g/mol. The van der Waals surface area contributed by atoms with Gasteiger partial charge in [0, 0.05) is 19.5 Å². The molecule has 1 saturated heterocycles. The van der Waals surface area contributed by atoms with Crippen LogP contribution in [0, 0.1) is 0 Å². The summed E-state index contributed by atoms with van der Waals surface area (Å²) in [5.41, 5.74) is 0. The third-order valence-electron chi connectivity index (χ3n) is 1.46. The molecule has 2 N–H and O–H groups in total. The van der Waals surface area contributed by atoms with E-state index < -0.39 is 12.0 Å². The number of rotatable bonds is 0. The van der Waals surface area contributed by atoms with Crippen molar-refractivity contribution >= 4 is 12.4 Å². The van der Waals surface area contributed by atoms with E-state index in [4.69, 9.17) is 5.11 Å². The van der Waals surface area contributed by atoms with E-state index in [1.807, 2.05) is 0 Å². The Morgan fingerprint density at radius 1 is 1.50 bits per heavy atom. The summed E-state index contributed by atoms with van der Waals surface area (Å²) >= 11 is 0. The number of β-amino-alcohol motifs (C(OH)–C–C–N with tert-alkyl or cyclic N) is 1. The van der Waals surface area contributed by atoms with Crippen LogP contribution in [-0.2, 0) is 0 Å². The maximum atomic E-state index is 12.3. The smallest absolute Gasteiger partial charge is 0.275 e. The number of aliphatic hydroxyl groups excluding tert-OH is 1. The molecule has 0 aromatic carbocycles. The van der Waals surface area contributed by atoms with Gasteiger partial charge in [0.2, 0.25) is 0 Å².